The number of hydrogen-bond donors (Lipinski definition) is 1. The molecule has 1 aromatic heterocycles. The number of fused-ring (bicyclic) bond motifs is 2. The molecular weight excluding hydrogens is 928 g/mol. The molecule has 54 heavy (non-hydrogen) atoms. The van der Waals surface area contributed by atoms with E-state index in [-0.39, 0.29) is 76.4 Å². The molecule has 3 fully saturated rings. The van der Waals surface area contributed by atoms with Gasteiger partial charge in [-0.05, 0) is 98.4 Å². The number of halogens is 4. The van der Waals surface area contributed by atoms with Crippen molar-refractivity contribution in [2.75, 3.05) is 52.4 Å². The number of hydrogen-bond acceptors (Lipinski definition) is 7. The fraction of sp³-hybridized carbons (Fsp3) is 0.500. The quantitative estimate of drug-likeness (QED) is 0.165. The van der Waals surface area contributed by atoms with Crippen molar-refractivity contribution in [1.29, 1.82) is 0 Å². The molecule has 0 atom stereocenters. The summed E-state index contributed by atoms with van der Waals surface area (Å²) in [6.07, 6.45) is 12.6. The van der Waals surface area contributed by atoms with Gasteiger partial charge in [0.2, 0.25) is 0 Å². The summed E-state index contributed by atoms with van der Waals surface area (Å²) in [5.74, 6) is 1.01. The van der Waals surface area contributed by atoms with E-state index in [2.05, 4.69) is 85.9 Å². The first-order valence-electron chi connectivity index (χ1n) is 17.1. The minimum atomic E-state index is -0.883. The van der Waals surface area contributed by atoms with Crippen LogP contribution in [0, 0.1) is 17.8 Å². The summed E-state index contributed by atoms with van der Waals surface area (Å²) >= 11 is 15.1. The Labute approximate surface area is 399 Å². The molecule has 7 rings (SSSR count). The number of aromatic nitrogens is 1. The number of nitrogens with zero attached hydrogens (tertiary/aromatic N) is 2. The van der Waals surface area contributed by atoms with Gasteiger partial charge < -0.3 is 31.6 Å². The van der Waals surface area contributed by atoms with Gasteiger partial charge in [-0.25, -0.2) is 14.4 Å². The number of morpholine rings is 1. The first-order valence-corrected chi connectivity index (χ1v) is 20.1. The van der Waals surface area contributed by atoms with Crippen LogP contribution in [0.5, 0.6) is 0 Å². The number of aromatic carboxylic acids is 1. The number of methoxy groups -OCH3 is 1. The Bertz CT molecular complexity index is 1660. The summed E-state index contributed by atoms with van der Waals surface area (Å²) < 4.78 is 18.2. The standard InChI is InChI=1S/C13H12BrNO2.C11H9BrO2.C5H9ClO2.C5H11NO.C4H7Br.B.2Na.2H/c14-11-5-9(13(16)17)6-12-10(11)3-4-15(12)7-8-1-2-8;1-14-11(13)8-5-7-3-2-4-9(7)10(12)6-8;1-4(2)3-8-5(6)7;1-6-2-4-7-5-3-6;5-3-4-1-2-4;;;;;/h3-6,8H,1-2,7H2,(H,16,17);2,4-6H,3H2,1H3;4H,3H2,1-2H3;2-5H2,1H3;4H,1-3H2;;;;;/q;;;;;;2*+1;2*-1. The van der Waals surface area contributed by atoms with Gasteiger partial charge in [0.05, 0.1) is 38.1 Å². The molecule has 3 aromatic rings. The van der Waals surface area contributed by atoms with Gasteiger partial charge in [0.25, 0.3) is 0 Å². The monoisotopic (exact) mass is 975 g/mol. The van der Waals surface area contributed by atoms with Gasteiger partial charge in [-0.1, -0.05) is 73.8 Å². The molecule has 1 saturated heterocycles. The summed E-state index contributed by atoms with van der Waals surface area (Å²) in [5, 5.41) is 11.4. The van der Waals surface area contributed by atoms with Crippen molar-refractivity contribution in [3.05, 3.63) is 73.8 Å². The molecule has 0 unspecified atom stereocenters. The van der Waals surface area contributed by atoms with Gasteiger partial charge in [0.1, 0.15) is 0 Å². The second-order valence-electron chi connectivity index (χ2n) is 13.2. The number of allylic oxidation sites excluding steroid dienone is 1. The van der Waals surface area contributed by atoms with Crippen LogP contribution in [0.2, 0.25) is 0 Å². The van der Waals surface area contributed by atoms with Crippen LogP contribution in [0.4, 0.5) is 4.79 Å². The molecule has 2 heterocycles. The molecule has 3 radical (unpaired) electrons. The Morgan fingerprint density at radius 2 is 1.61 bits per heavy atom. The molecule has 2 saturated carbocycles. The smallest absolute Gasteiger partial charge is 1.00 e. The molecule has 3 aliphatic carbocycles. The van der Waals surface area contributed by atoms with Crippen LogP contribution in [0.15, 0.2) is 51.6 Å². The predicted molar refractivity (Wildman–Crippen MR) is 222 cm³/mol. The van der Waals surface area contributed by atoms with E-state index in [4.69, 9.17) is 21.4 Å². The van der Waals surface area contributed by atoms with Gasteiger partial charge in [-0.15, -0.1) is 0 Å². The molecule has 0 spiro atoms. The van der Waals surface area contributed by atoms with Crippen LogP contribution in [0.1, 0.15) is 74.2 Å². The van der Waals surface area contributed by atoms with Crippen LogP contribution in [-0.4, -0.2) is 92.8 Å². The molecule has 0 amide bonds. The first-order chi connectivity index (χ1) is 24.3. The Kier molecular flexibility index (Phi) is 28.2. The van der Waals surface area contributed by atoms with Crippen molar-refractivity contribution in [3.63, 3.8) is 0 Å². The van der Waals surface area contributed by atoms with E-state index in [1.54, 1.807) is 18.2 Å². The molecular formula is C38H50BBr3ClN2Na2O7. The molecule has 4 aliphatic rings. The Balaban J connectivity index is -0.000000652. The van der Waals surface area contributed by atoms with E-state index in [0.717, 1.165) is 76.5 Å². The largest absolute Gasteiger partial charge is 1.00 e. The summed E-state index contributed by atoms with van der Waals surface area (Å²) in [4.78, 5) is 34.5. The number of carbonyl (C=O) groups is 3. The van der Waals surface area contributed by atoms with E-state index in [1.165, 1.54) is 43.7 Å². The Morgan fingerprint density at radius 3 is 2.06 bits per heavy atom. The van der Waals surface area contributed by atoms with Crippen LogP contribution >= 0.6 is 59.4 Å². The van der Waals surface area contributed by atoms with E-state index >= 15 is 0 Å². The van der Waals surface area contributed by atoms with Crippen molar-refractivity contribution in [1.82, 2.24) is 9.47 Å². The second kappa shape index (κ2) is 28.3. The SMILES string of the molecule is BrCC1CC1.CC(C)COC(=O)Cl.CN1CCOCC1.COC(=O)c1cc(Br)c2c(c1)CC=C2.O=C(O)c1cc(Br)c2ccn(CC3CC3)c2c1.[B].[H-].[H-].[Na+].[Na+]. The average molecular weight is 979 g/mol. The number of esters is 1. The van der Waals surface area contributed by atoms with Gasteiger partial charge >= 0.3 is 76.5 Å². The van der Waals surface area contributed by atoms with Crippen molar-refractivity contribution in [3.8, 4) is 0 Å². The zero-order chi connectivity index (χ0) is 37.5. The molecule has 1 N–H and O–H groups in total. The van der Waals surface area contributed by atoms with Crippen molar-refractivity contribution >= 4 is 102 Å². The third-order valence-corrected chi connectivity index (χ3v) is 10.5. The van der Waals surface area contributed by atoms with E-state index in [9.17, 15) is 14.4 Å². The summed E-state index contributed by atoms with van der Waals surface area (Å²) in [6, 6.07) is 9.12. The molecule has 9 nitrogen and oxygen atoms in total. The second-order valence-corrected chi connectivity index (χ2v) is 15.9. The summed E-state index contributed by atoms with van der Waals surface area (Å²) in [7, 11) is 3.50. The number of likely N-dealkylation sites (N-methyl/N-ethyl adjacent to an activating group) is 1. The fourth-order valence-corrected chi connectivity index (χ4v) is 6.77. The van der Waals surface area contributed by atoms with Crippen LogP contribution in [-0.2, 0) is 27.2 Å². The van der Waals surface area contributed by atoms with Gasteiger partial charge in [0.15, 0.2) is 0 Å². The number of carboxylic acid groups (broad SMARTS) is 1. The maximum atomic E-state index is 11.3. The van der Waals surface area contributed by atoms with E-state index in [0.29, 0.717) is 23.7 Å². The third-order valence-electron chi connectivity index (χ3n) is 8.18. The number of carboxylic acids is 1. The zero-order valence-corrected chi connectivity index (χ0v) is 41.7. The molecule has 0 bridgehead atoms. The number of benzene rings is 2. The molecule has 16 heteroatoms. The summed E-state index contributed by atoms with van der Waals surface area (Å²) in [5.41, 5.74) is 3.54. The van der Waals surface area contributed by atoms with Gasteiger partial charge in [-0.3, -0.25) is 0 Å². The van der Waals surface area contributed by atoms with Gasteiger partial charge in [0, 0.05) is 71.0 Å². The maximum Gasteiger partial charge on any atom is 1.00 e. The van der Waals surface area contributed by atoms with E-state index in [1.807, 2.05) is 32.2 Å². The molecule has 1 aliphatic heterocycles. The third kappa shape index (κ3) is 20.0. The van der Waals surface area contributed by atoms with Crippen LogP contribution in [0.3, 0.4) is 0 Å². The normalized spacial score (nSPS) is 15.0. The molecule has 2 aromatic carbocycles. The number of carbonyl (C=O) groups excluding carboxylic acids is 2. The van der Waals surface area contributed by atoms with Crippen molar-refractivity contribution in [2.24, 2.45) is 17.8 Å². The topological polar surface area (TPSA) is 107 Å². The Morgan fingerprint density at radius 1 is 1.00 bits per heavy atom. The van der Waals surface area contributed by atoms with Crippen LogP contribution in [0.25, 0.3) is 17.0 Å². The zero-order valence-electron chi connectivity index (χ0n) is 34.2. The minimum absolute atomic E-state index is 0. The van der Waals surface area contributed by atoms with Crippen molar-refractivity contribution in [2.45, 2.75) is 52.5 Å². The predicted octanol–water partition coefficient (Wildman–Crippen LogP) is 3.93. The van der Waals surface area contributed by atoms with Crippen LogP contribution < -0.4 is 59.1 Å². The number of ether oxygens (including phenoxy) is 3. The first kappa shape index (κ1) is 53.8. The number of rotatable bonds is 7. The minimum Gasteiger partial charge on any atom is -1.00 e. The number of alkyl halides is 1. The molecule has 287 valence electrons. The summed E-state index contributed by atoms with van der Waals surface area (Å²) in [6.45, 7) is 9.31. The average Bonchev–Trinajstić information content (AvgIpc) is 4.03. The van der Waals surface area contributed by atoms with Crippen molar-refractivity contribution < 1.29 is 95.7 Å². The van der Waals surface area contributed by atoms with E-state index < -0.39 is 11.4 Å². The fourth-order valence-electron chi connectivity index (χ4n) is 4.84. The maximum absolute atomic E-state index is 11.3. The Hall–Kier alpha value is -0.155. The van der Waals surface area contributed by atoms with Gasteiger partial charge in [-0.2, -0.15) is 0 Å².